The molecule has 148 valence electrons. The normalized spacial score (nSPS) is 16.2. The van der Waals surface area contributed by atoms with Crippen molar-refractivity contribution in [3.05, 3.63) is 82.3 Å². The number of H-pyrrole nitrogens is 1. The summed E-state index contributed by atoms with van der Waals surface area (Å²) in [7, 11) is 0. The van der Waals surface area contributed by atoms with Crippen LogP contribution in [0, 0.1) is 5.82 Å². The Morgan fingerprint density at radius 2 is 2.00 bits per heavy atom. The van der Waals surface area contributed by atoms with Gasteiger partial charge in [-0.15, -0.1) is 0 Å². The zero-order chi connectivity index (χ0) is 20.2. The number of aryl methyl sites for hydroxylation is 1. The molecule has 0 spiro atoms. The minimum Gasteiger partial charge on any atom is -0.342 e. The van der Waals surface area contributed by atoms with Crippen LogP contribution in [0.3, 0.4) is 0 Å². The van der Waals surface area contributed by atoms with Gasteiger partial charge >= 0.3 is 0 Å². The Bertz CT molecular complexity index is 1070. The number of carbonyl (C=O) groups excluding carboxylic acids is 1. The molecule has 1 aliphatic heterocycles. The SMILES string of the molecule is O=C(CCc1ccccc1F)N1CCC(c2cc(=O)[nH]c(-c3ccncc3)n2)C1. The number of rotatable bonds is 5. The maximum Gasteiger partial charge on any atom is 0.251 e. The smallest absolute Gasteiger partial charge is 0.251 e. The Labute approximate surface area is 167 Å². The summed E-state index contributed by atoms with van der Waals surface area (Å²) in [5.41, 5.74) is 1.81. The van der Waals surface area contributed by atoms with Crippen LogP contribution in [0.1, 0.15) is 30.0 Å². The molecule has 1 saturated heterocycles. The van der Waals surface area contributed by atoms with Crippen LogP contribution < -0.4 is 5.56 Å². The van der Waals surface area contributed by atoms with Gasteiger partial charge in [-0.2, -0.15) is 0 Å². The third-order valence-electron chi connectivity index (χ3n) is 5.24. The molecule has 7 heteroatoms. The van der Waals surface area contributed by atoms with E-state index in [4.69, 9.17) is 0 Å². The van der Waals surface area contributed by atoms with Gasteiger partial charge < -0.3 is 9.88 Å². The van der Waals surface area contributed by atoms with Gasteiger partial charge in [0.15, 0.2) is 0 Å². The second-order valence-electron chi connectivity index (χ2n) is 7.17. The van der Waals surface area contributed by atoms with Crippen molar-refractivity contribution in [2.24, 2.45) is 0 Å². The summed E-state index contributed by atoms with van der Waals surface area (Å²) < 4.78 is 13.7. The van der Waals surface area contributed by atoms with Crippen molar-refractivity contribution in [3.63, 3.8) is 0 Å². The number of carbonyl (C=O) groups is 1. The second kappa shape index (κ2) is 8.34. The number of halogens is 1. The van der Waals surface area contributed by atoms with E-state index in [1.165, 1.54) is 12.1 Å². The molecule has 0 aliphatic carbocycles. The van der Waals surface area contributed by atoms with Gasteiger partial charge in [0.1, 0.15) is 11.6 Å². The van der Waals surface area contributed by atoms with Crippen LogP contribution in [-0.2, 0) is 11.2 Å². The molecule has 1 aliphatic rings. The van der Waals surface area contributed by atoms with Crippen molar-refractivity contribution in [1.29, 1.82) is 0 Å². The molecule has 3 heterocycles. The first kappa shape index (κ1) is 19.0. The summed E-state index contributed by atoms with van der Waals surface area (Å²) >= 11 is 0. The van der Waals surface area contributed by atoms with Crippen molar-refractivity contribution in [2.75, 3.05) is 13.1 Å². The minimum atomic E-state index is -0.282. The van der Waals surface area contributed by atoms with Gasteiger partial charge in [-0.1, -0.05) is 18.2 Å². The van der Waals surface area contributed by atoms with E-state index in [1.54, 1.807) is 47.6 Å². The first-order valence-electron chi connectivity index (χ1n) is 9.63. The molecule has 1 atom stereocenters. The lowest BCUT2D eigenvalue weighted by Crippen LogP contribution is -2.29. The zero-order valence-corrected chi connectivity index (χ0v) is 15.8. The Hall–Kier alpha value is -3.35. The second-order valence-corrected chi connectivity index (χ2v) is 7.17. The van der Waals surface area contributed by atoms with Crippen molar-refractivity contribution in [2.45, 2.75) is 25.2 Å². The van der Waals surface area contributed by atoms with Gasteiger partial charge in [-0.3, -0.25) is 14.6 Å². The maximum absolute atomic E-state index is 13.7. The number of nitrogens with one attached hydrogen (secondary N) is 1. The fraction of sp³-hybridized carbons (Fsp3) is 0.273. The number of hydrogen-bond donors (Lipinski definition) is 1. The van der Waals surface area contributed by atoms with E-state index in [1.807, 2.05) is 0 Å². The van der Waals surface area contributed by atoms with Crippen molar-refractivity contribution >= 4 is 5.91 Å². The zero-order valence-electron chi connectivity index (χ0n) is 15.8. The van der Waals surface area contributed by atoms with E-state index >= 15 is 0 Å². The van der Waals surface area contributed by atoms with E-state index in [0.29, 0.717) is 36.6 Å². The molecule has 3 aromatic rings. The van der Waals surface area contributed by atoms with Crippen LogP contribution in [-0.4, -0.2) is 38.8 Å². The van der Waals surface area contributed by atoms with Gasteiger partial charge in [0.05, 0.1) is 5.69 Å². The quantitative estimate of drug-likeness (QED) is 0.724. The van der Waals surface area contributed by atoms with Crippen LogP contribution in [0.15, 0.2) is 59.7 Å². The monoisotopic (exact) mass is 392 g/mol. The van der Waals surface area contributed by atoms with Crippen LogP contribution >= 0.6 is 0 Å². The highest BCUT2D eigenvalue weighted by Crippen LogP contribution is 2.27. The first-order chi connectivity index (χ1) is 14.1. The maximum atomic E-state index is 13.7. The summed E-state index contributed by atoms with van der Waals surface area (Å²) in [5.74, 6) is 0.223. The summed E-state index contributed by atoms with van der Waals surface area (Å²) in [6.07, 6.45) is 4.68. The average Bonchev–Trinajstić information content (AvgIpc) is 3.24. The number of benzene rings is 1. The van der Waals surface area contributed by atoms with Crippen LogP contribution in [0.4, 0.5) is 4.39 Å². The molecular weight excluding hydrogens is 371 g/mol. The number of aromatic amines is 1. The molecule has 2 aromatic heterocycles. The third-order valence-corrected chi connectivity index (χ3v) is 5.24. The summed E-state index contributed by atoms with van der Waals surface area (Å²) in [4.78, 5) is 37.8. The summed E-state index contributed by atoms with van der Waals surface area (Å²) in [5, 5.41) is 0. The highest BCUT2D eigenvalue weighted by molar-refractivity contribution is 5.76. The van der Waals surface area contributed by atoms with Crippen molar-refractivity contribution < 1.29 is 9.18 Å². The number of amides is 1. The number of hydrogen-bond acceptors (Lipinski definition) is 4. The Balaban J connectivity index is 1.43. The number of likely N-dealkylation sites (tertiary alicyclic amines) is 1. The molecule has 6 nitrogen and oxygen atoms in total. The van der Waals surface area contributed by atoms with Gasteiger partial charge in [-0.25, -0.2) is 9.37 Å². The predicted octanol–water partition coefficient (Wildman–Crippen LogP) is 2.92. The van der Waals surface area contributed by atoms with Crippen molar-refractivity contribution in [3.8, 4) is 11.4 Å². The van der Waals surface area contributed by atoms with Gasteiger partial charge in [0.25, 0.3) is 5.56 Å². The number of pyridine rings is 1. The molecule has 1 amide bonds. The van der Waals surface area contributed by atoms with Crippen LogP contribution in [0.5, 0.6) is 0 Å². The number of aromatic nitrogens is 3. The fourth-order valence-electron chi connectivity index (χ4n) is 3.66. The van der Waals surface area contributed by atoms with E-state index in [9.17, 15) is 14.0 Å². The lowest BCUT2D eigenvalue weighted by molar-refractivity contribution is -0.130. The first-order valence-corrected chi connectivity index (χ1v) is 9.63. The standard InChI is InChI=1S/C22H21FN4O2/c23-18-4-2-1-3-15(18)5-6-21(29)27-12-9-17(14-27)19-13-20(28)26-22(25-19)16-7-10-24-11-8-16/h1-4,7-8,10-11,13,17H,5-6,9,12,14H2,(H,25,26,28). The molecular formula is C22H21FN4O2. The average molecular weight is 392 g/mol. The summed E-state index contributed by atoms with van der Waals surface area (Å²) in [6.45, 7) is 1.13. The Morgan fingerprint density at radius 3 is 2.79 bits per heavy atom. The Morgan fingerprint density at radius 1 is 1.21 bits per heavy atom. The molecule has 4 rings (SSSR count). The summed E-state index contributed by atoms with van der Waals surface area (Å²) in [6, 6.07) is 11.6. The van der Waals surface area contributed by atoms with E-state index in [-0.39, 0.29) is 29.6 Å². The lowest BCUT2D eigenvalue weighted by atomic mass is 10.0. The van der Waals surface area contributed by atoms with Crippen LogP contribution in [0.25, 0.3) is 11.4 Å². The molecule has 29 heavy (non-hydrogen) atoms. The Kier molecular flexibility index (Phi) is 5.46. The largest absolute Gasteiger partial charge is 0.342 e. The van der Waals surface area contributed by atoms with Gasteiger partial charge in [-0.05, 0) is 36.6 Å². The third kappa shape index (κ3) is 4.39. The molecule has 0 bridgehead atoms. The highest BCUT2D eigenvalue weighted by atomic mass is 19.1. The van der Waals surface area contributed by atoms with E-state index in [0.717, 1.165) is 12.0 Å². The number of nitrogens with zero attached hydrogens (tertiary/aromatic N) is 3. The predicted molar refractivity (Wildman–Crippen MR) is 107 cm³/mol. The van der Waals surface area contributed by atoms with Gasteiger partial charge in [0, 0.05) is 49.5 Å². The molecule has 1 aromatic carbocycles. The van der Waals surface area contributed by atoms with Crippen molar-refractivity contribution in [1.82, 2.24) is 19.9 Å². The lowest BCUT2D eigenvalue weighted by Gasteiger charge is -2.17. The topological polar surface area (TPSA) is 79.0 Å². The van der Waals surface area contributed by atoms with E-state index in [2.05, 4.69) is 15.0 Å². The molecule has 0 saturated carbocycles. The molecule has 1 unspecified atom stereocenters. The fourth-order valence-corrected chi connectivity index (χ4v) is 3.66. The minimum absolute atomic E-state index is 0.00468. The molecule has 1 N–H and O–H groups in total. The highest BCUT2D eigenvalue weighted by Gasteiger charge is 2.28. The van der Waals surface area contributed by atoms with E-state index < -0.39 is 0 Å². The molecule has 0 radical (unpaired) electrons. The van der Waals surface area contributed by atoms with Crippen LogP contribution in [0.2, 0.25) is 0 Å². The molecule has 1 fully saturated rings. The van der Waals surface area contributed by atoms with Gasteiger partial charge in [0.2, 0.25) is 5.91 Å².